The summed E-state index contributed by atoms with van der Waals surface area (Å²) in [6.07, 6.45) is 0. The molecule has 0 saturated heterocycles. The van der Waals surface area contributed by atoms with E-state index in [1.165, 1.54) is 18.2 Å². The summed E-state index contributed by atoms with van der Waals surface area (Å²) < 4.78 is 38.7. The zero-order valence-electron chi connectivity index (χ0n) is 10.6. The summed E-state index contributed by atoms with van der Waals surface area (Å²) in [6, 6.07) is 3.98. The van der Waals surface area contributed by atoms with Gasteiger partial charge in [0.1, 0.15) is 11.9 Å². The van der Waals surface area contributed by atoms with Gasteiger partial charge in [0.2, 0.25) is 10.0 Å². The molecule has 0 fully saturated rings. The van der Waals surface area contributed by atoms with Crippen LogP contribution >= 0.6 is 0 Å². The van der Waals surface area contributed by atoms with Gasteiger partial charge in [0.25, 0.3) is 0 Å². The molecule has 0 spiro atoms. The van der Waals surface area contributed by atoms with E-state index in [4.69, 9.17) is 5.11 Å². The third kappa shape index (κ3) is 4.96. The first-order valence-electron chi connectivity index (χ1n) is 5.68. The zero-order chi connectivity index (χ0) is 14.6. The Labute approximate surface area is 111 Å². The number of benzene rings is 1. The van der Waals surface area contributed by atoms with Gasteiger partial charge < -0.3 is 5.11 Å². The van der Waals surface area contributed by atoms with Crippen LogP contribution < -0.4 is 4.72 Å². The van der Waals surface area contributed by atoms with Crippen LogP contribution in [0.2, 0.25) is 0 Å². The Morgan fingerprint density at radius 1 is 1.42 bits per heavy atom. The number of nitrogens with one attached hydrogen (secondary N) is 1. The highest BCUT2D eigenvalue weighted by Crippen LogP contribution is 2.10. The molecule has 0 saturated carbocycles. The van der Waals surface area contributed by atoms with Gasteiger partial charge in [0, 0.05) is 0 Å². The molecule has 1 aromatic rings. The summed E-state index contributed by atoms with van der Waals surface area (Å²) in [5, 5.41) is 8.93. The molecule has 0 aliphatic heterocycles. The number of aliphatic carboxylic acids is 1. The zero-order valence-corrected chi connectivity index (χ0v) is 11.4. The topological polar surface area (TPSA) is 83.5 Å². The number of hydrogen-bond acceptors (Lipinski definition) is 3. The number of rotatable bonds is 6. The smallest absolute Gasteiger partial charge is 0.321 e. The molecule has 0 aliphatic carbocycles. The molecule has 0 radical (unpaired) electrons. The summed E-state index contributed by atoms with van der Waals surface area (Å²) in [4.78, 5) is 10.9. The third-order valence-corrected chi connectivity index (χ3v) is 3.81. The summed E-state index contributed by atoms with van der Waals surface area (Å²) in [7, 11) is -3.84. The van der Waals surface area contributed by atoms with Gasteiger partial charge >= 0.3 is 5.97 Å². The monoisotopic (exact) mass is 289 g/mol. The number of carboxylic acids is 1. The van der Waals surface area contributed by atoms with E-state index in [2.05, 4.69) is 4.72 Å². The molecular weight excluding hydrogens is 273 g/mol. The van der Waals surface area contributed by atoms with Crippen molar-refractivity contribution >= 4 is 16.0 Å². The minimum Gasteiger partial charge on any atom is -0.480 e. The van der Waals surface area contributed by atoms with Gasteiger partial charge in [-0.15, -0.1) is 0 Å². The van der Waals surface area contributed by atoms with E-state index in [1.54, 1.807) is 13.8 Å². The largest absolute Gasteiger partial charge is 0.480 e. The lowest BCUT2D eigenvalue weighted by atomic mass is 10.1. The van der Waals surface area contributed by atoms with Gasteiger partial charge in [-0.05, 0) is 23.6 Å². The van der Waals surface area contributed by atoms with Crippen molar-refractivity contribution in [3.63, 3.8) is 0 Å². The molecule has 1 atom stereocenters. The van der Waals surface area contributed by atoms with Gasteiger partial charge in [0.15, 0.2) is 0 Å². The summed E-state index contributed by atoms with van der Waals surface area (Å²) in [5.41, 5.74) is 0.264. The fraction of sp³-hybridized carbons (Fsp3) is 0.417. The lowest BCUT2D eigenvalue weighted by molar-refractivity contribution is -0.140. The van der Waals surface area contributed by atoms with Gasteiger partial charge in [-0.2, -0.15) is 0 Å². The number of hydrogen-bond donors (Lipinski definition) is 2. The van der Waals surface area contributed by atoms with Crippen molar-refractivity contribution in [3.8, 4) is 0 Å². The third-order valence-electron chi connectivity index (χ3n) is 2.48. The first-order chi connectivity index (χ1) is 8.71. The SMILES string of the molecule is CC(C)[C@@H](NS(=O)(=O)Cc1cccc(F)c1)C(=O)O. The van der Waals surface area contributed by atoms with Crippen LogP contribution in [0.25, 0.3) is 0 Å². The van der Waals surface area contributed by atoms with Gasteiger partial charge in [-0.3, -0.25) is 4.79 Å². The summed E-state index contributed by atoms with van der Waals surface area (Å²) in [6.45, 7) is 3.20. The normalized spacial score (nSPS) is 13.5. The van der Waals surface area contributed by atoms with Crippen LogP contribution in [0.3, 0.4) is 0 Å². The minimum atomic E-state index is -3.84. The standard InChI is InChI=1S/C12H16FNO4S/c1-8(2)11(12(15)16)14-19(17,18)7-9-4-3-5-10(13)6-9/h3-6,8,11,14H,7H2,1-2H3,(H,15,16)/t11-/m1/s1. The molecule has 0 amide bonds. The summed E-state index contributed by atoms with van der Waals surface area (Å²) in [5.74, 6) is -2.62. The molecule has 0 heterocycles. The maximum atomic E-state index is 13.0. The van der Waals surface area contributed by atoms with Crippen molar-refractivity contribution in [1.29, 1.82) is 0 Å². The van der Waals surface area contributed by atoms with Crippen molar-refractivity contribution < 1.29 is 22.7 Å². The van der Waals surface area contributed by atoms with Gasteiger partial charge in [-0.25, -0.2) is 17.5 Å². The van der Waals surface area contributed by atoms with Crippen LogP contribution in [-0.4, -0.2) is 25.5 Å². The molecule has 0 aromatic heterocycles. The second-order valence-corrected chi connectivity index (χ2v) is 6.32. The lowest BCUT2D eigenvalue weighted by Gasteiger charge is -2.17. The van der Waals surface area contributed by atoms with Crippen molar-refractivity contribution in [2.75, 3.05) is 0 Å². The molecule has 1 rings (SSSR count). The molecule has 0 bridgehead atoms. The van der Waals surface area contributed by atoms with Crippen molar-refractivity contribution in [1.82, 2.24) is 4.72 Å². The first kappa shape index (κ1) is 15.6. The number of carbonyl (C=O) groups is 1. The maximum absolute atomic E-state index is 13.0. The Morgan fingerprint density at radius 2 is 2.05 bits per heavy atom. The molecule has 7 heteroatoms. The molecule has 1 aromatic carbocycles. The van der Waals surface area contributed by atoms with Crippen LogP contribution in [0, 0.1) is 11.7 Å². The highest BCUT2D eigenvalue weighted by Gasteiger charge is 2.26. The lowest BCUT2D eigenvalue weighted by Crippen LogP contribution is -2.44. The molecule has 106 valence electrons. The average molecular weight is 289 g/mol. The molecule has 2 N–H and O–H groups in total. The Morgan fingerprint density at radius 3 is 2.53 bits per heavy atom. The molecule has 0 unspecified atom stereocenters. The quantitative estimate of drug-likeness (QED) is 0.828. The molecule has 19 heavy (non-hydrogen) atoms. The Hall–Kier alpha value is -1.47. The highest BCUT2D eigenvalue weighted by atomic mass is 32.2. The molecule has 5 nitrogen and oxygen atoms in total. The average Bonchev–Trinajstić information content (AvgIpc) is 2.24. The highest BCUT2D eigenvalue weighted by molar-refractivity contribution is 7.88. The van der Waals surface area contributed by atoms with Crippen molar-refractivity contribution in [2.45, 2.75) is 25.6 Å². The predicted octanol–water partition coefficient (Wildman–Crippen LogP) is 1.35. The van der Waals surface area contributed by atoms with Crippen LogP contribution in [0.15, 0.2) is 24.3 Å². The van der Waals surface area contributed by atoms with Crippen LogP contribution in [-0.2, 0) is 20.6 Å². The van der Waals surface area contributed by atoms with Crippen molar-refractivity contribution in [2.24, 2.45) is 5.92 Å². The second-order valence-electron chi connectivity index (χ2n) is 4.57. The maximum Gasteiger partial charge on any atom is 0.321 e. The van der Waals surface area contributed by atoms with E-state index in [0.717, 1.165) is 6.07 Å². The van der Waals surface area contributed by atoms with E-state index < -0.39 is 33.6 Å². The van der Waals surface area contributed by atoms with Crippen LogP contribution in [0.1, 0.15) is 19.4 Å². The van der Waals surface area contributed by atoms with E-state index >= 15 is 0 Å². The second kappa shape index (κ2) is 6.12. The Balaban J connectivity index is 2.84. The predicted molar refractivity (Wildman–Crippen MR) is 68.4 cm³/mol. The van der Waals surface area contributed by atoms with E-state index in [9.17, 15) is 17.6 Å². The van der Waals surface area contributed by atoms with Gasteiger partial charge in [-0.1, -0.05) is 26.0 Å². The summed E-state index contributed by atoms with van der Waals surface area (Å²) >= 11 is 0. The number of sulfonamides is 1. The number of carboxylic acid groups (broad SMARTS) is 1. The van der Waals surface area contributed by atoms with Crippen LogP contribution in [0.4, 0.5) is 4.39 Å². The van der Waals surface area contributed by atoms with Crippen LogP contribution in [0.5, 0.6) is 0 Å². The van der Waals surface area contributed by atoms with Gasteiger partial charge in [0.05, 0.1) is 5.75 Å². The number of halogens is 1. The molecular formula is C12H16FNO4S. The minimum absolute atomic E-state index is 0.264. The first-order valence-corrected chi connectivity index (χ1v) is 7.34. The fourth-order valence-corrected chi connectivity index (χ4v) is 3.01. The van der Waals surface area contributed by atoms with Crippen molar-refractivity contribution in [3.05, 3.63) is 35.6 Å². The van der Waals surface area contributed by atoms with E-state index in [-0.39, 0.29) is 11.5 Å². The van der Waals surface area contributed by atoms with E-state index in [0.29, 0.717) is 0 Å². The Bertz CT molecular complexity index is 557. The Kier molecular flexibility index (Phi) is 5.02. The fourth-order valence-electron chi connectivity index (χ4n) is 1.55. The molecule has 0 aliphatic rings. The van der Waals surface area contributed by atoms with E-state index in [1.807, 2.05) is 0 Å².